The van der Waals surface area contributed by atoms with Gasteiger partial charge in [-0.1, -0.05) is 72.8 Å². The summed E-state index contributed by atoms with van der Waals surface area (Å²) >= 11 is 0. The van der Waals surface area contributed by atoms with Crippen molar-refractivity contribution in [1.29, 1.82) is 0 Å². The van der Waals surface area contributed by atoms with Crippen molar-refractivity contribution < 1.29 is 19.7 Å². The summed E-state index contributed by atoms with van der Waals surface area (Å²) in [4.78, 5) is 11.0. The van der Waals surface area contributed by atoms with Crippen molar-refractivity contribution in [3.63, 3.8) is 0 Å². The smallest absolute Gasteiger partial charge is 0.341 e. The largest absolute Gasteiger partial charge is 0.482 e. The van der Waals surface area contributed by atoms with E-state index in [-0.39, 0.29) is 13.2 Å². The molecule has 4 rings (SSSR count). The lowest BCUT2D eigenvalue weighted by atomic mass is 9.95. The standard InChI is InChI=1S/C26H22O4/c27-16-18-8-10-19(11-9-18)21-12-13-25(30-17-26(28)29)23(14-21)15-22-6-3-5-20-4-1-2-7-24(20)22/h1-14,27H,15-17H2,(H,28,29). The Balaban J connectivity index is 1.74. The van der Waals surface area contributed by atoms with E-state index >= 15 is 0 Å². The van der Waals surface area contributed by atoms with Gasteiger partial charge in [0.15, 0.2) is 6.61 Å². The van der Waals surface area contributed by atoms with E-state index in [1.165, 1.54) is 10.8 Å². The molecule has 0 aliphatic rings. The number of aliphatic hydroxyl groups excluding tert-OH is 1. The van der Waals surface area contributed by atoms with Gasteiger partial charge in [0, 0.05) is 6.42 Å². The zero-order chi connectivity index (χ0) is 20.9. The fourth-order valence-electron chi connectivity index (χ4n) is 3.63. The minimum atomic E-state index is -1.00. The second-order valence-corrected chi connectivity index (χ2v) is 7.18. The average molecular weight is 398 g/mol. The van der Waals surface area contributed by atoms with Crippen LogP contribution in [0, 0.1) is 0 Å². The first kappa shape index (κ1) is 19.7. The molecule has 30 heavy (non-hydrogen) atoms. The molecule has 4 heteroatoms. The van der Waals surface area contributed by atoms with Gasteiger partial charge in [-0.05, 0) is 50.7 Å². The Morgan fingerprint density at radius 1 is 0.800 bits per heavy atom. The number of carbonyl (C=O) groups is 1. The van der Waals surface area contributed by atoms with Gasteiger partial charge in [0.25, 0.3) is 0 Å². The van der Waals surface area contributed by atoms with Gasteiger partial charge in [-0.15, -0.1) is 0 Å². The van der Waals surface area contributed by atoms with Gasteiger partial charge in [0.2, 0.25) is 0 Å². The molecule has 4 nitrogen and oxygen atoms in total. The summed E-state index contributed by atoms with van der Waals surface area (Å²) in [5.41, 5.74) is 4.97. The minimum Gasteiger partial charge on any atom is -0.482 e. The summed E-state index contributed by atoms with van der Waals surface area (Å²) in [7, 11) is 0. The molecule has 0 fully saturated rings. The normalized spacial score (nSPS) is 10.8. The Bertz CT molecular complexity index is 1170. The number of aliphatic carboxylic acids is 1. The fourth-order valence-corrected chi connectivity index (χ4v) is 3.63. The molecule has 0 aromatic heterocycles. The van der Waals surface area contributed by atoms with Crippen LogP contribution in [0.4, 0.5) is 0 Å². The third-order valence-corrected chi connectivity index (χ3v) is 5.14. The molecule has 150 valence electrons. The quantitative estimate of drug-likeness (QED) is 0.457. The molecule has 0 aliphatic carbocycles. The van der Waals surface area contributed by atoms with Crippen LogP contribution in [0.5, 0.6) is 5.75 Å². The molecule has 0 amide bonds. The number of hydrogen-bond acceptors (Lipinski definition) is 3. The molecule has 0 saturated carbocycles. The number of carboxylic acids is 1. The highest BCUT2D eigenvalue weighted by Crippen LogP contribution is 2.31. The molecule has 0 heterocycles. The van der Waals surface area contributed by atoms with Crippen molar-refractivity contribution in [1.82, 2.24) is 0 Å². The van der Waals surface area contributed by atoms with Gasteiger partial charge in [0.1, 0.15) is 5.75 Å². The maximum Gasteiger partial charge on any atom is 0.341 e. The summed E-state index contributed by atoms with van der Waals surface area (Å²) in [6, 6.07) is 28.0. The molecule has 0 unspecified atom stereocenters. The third-order valence-electron chi connectivity index (χ3n) is 5.14. The Morgan fingerprint density at radius 2 is 1.53 bits per heavy atom. The van der Waals surface area contributed by atoms with Crippen molar-refractivity contribution in [2.75, 3.05) is 6.61 Å². The summed E-state index contributed by atoms with van der Waals surface area (Å²) in [5.74, 6) is -0.434. The van der Waals surface area contributed by atoms with Crippen LogP contribution in [0.2, 0.25) is 0 Å². The Labute approximate surface area is 175 Å². The first-order valence-corrected chi connectivity index (χ1v) is 9.78. The van der Waals surface area contributed by atoms with Gasteiger partial charge < -0.3 is 14.9 Å². The van der Waals surface area contributed by atoms with Gasteiger partial charge >= 0.3 is 5.97 Å². The first-order chi connectivity index (χ1) is 14.6. The van der Waals surface area contributed by atoms with Crippen LogP contribution >= 0.6 is 0 Å². The van der Waals surface area contributed by atoms with Crippen LogP contribution in [0.1, 0.15) is 16.7 Å². The molecule has 0 aliphatic heterocycles. The molecule has 2 N–H and O–H groups in total. The summed E-state index contributed by atoms with van der Waals surface area (Å²) in [5, 5.41) is 20.6. The molecular weight excluding hydrogens is 376 g/mol. The molecule has 4 aromatic rings. The highest BCUT2D eigenvalue weighted by Gasteiger charge is 2.11. The third kappa shape index (κ3) is 4.34. The topological polar surface area (TPSA) is 66.8 Å². The van der Waals surface area contributed by atoms with Crippen molar-refractivity contribution in [2.24, 2.45) is 0 Å². The molecule has 0 bridgehead atoms. The lowest BCUT2D eigenvalue weighted by Gasteiger charge is -2.14. The maximum atomic E-state index is 11.0. The fraction of sp³-hybridized carbons (Fsp3) is 0.115. The lowest BCUT2D eigenvalue weighted by Crippen LogP contribution is -2.10. The number of carboxylic acid groups (broad SMARTS) is 1. The zero-order valence-corrected chi connectivity index (χ0v) is 16.4. The summed E-state index contributed by atoms with van der Waals surface area (Å²) < 4.78 is 5.58. The SMILES string of the molecule is O=C(O)COc1ccc(-c2ccc(CO)cc2)cc1Cc1cccc2ccccc12. The van der Waals surface area contributed by atoms with Crippen LogP contribution in [-0.4, -0.2) is 22.8 Å². The molecular formula is C26H22O4. The van der Waals surface area contributed by atoms with E-state index in [0.717, 1.165) is 27.8 Å². The van der Waals surface area contributed by atoms with E-state index in [9.17, 15) is 9.90 Å². The van der Waals surface area contributed by atoms with Crippen LogP contribution in [0.25, 0.3) is 21.9 Å². The van der Waals surface area contributed by atoms with Crippen molar-refractivity contribution in [2.45, 2.75) is 13.0 Å². The Morgan fingerprint density at radius 3 is 2.30 bits per heavy atom. The second kappa shape index (κ2) is 8.80. The summed E-state index contributed by atoms with van der Waals surface area (Å²) in [6.45, 7) is -0.373. The van der Waals surface area contributed by atoms with E-state index in [4.69, 9.17) is 9.84 Å². The monoisotopic (exact) mass is 398 g/mol. The predicted molar refractivity (Wildman–Crippen MR) is 118 cm³/mol. The van der Waals surface area contributed by atoms with Gasteiger partial charge in [-0.25, -0.2) is 4.79 Å². The van der Waals surface area contributed by atoms with Crippen LogP contribution in [0.3, 0.4) is 0 Å². The minimum absolute atomic E-state index is 0.00851. The van der Waals surface area contributed by atoms with Gasteiger partial charge in [-0.3, -0.25) is 0 Å². The van der Waals surface area contributed by atoms with Gasteiger partial charge in [-0.2, -0.15) is 0 Å². The van der Waals surface area contributed by atoms with Crippen molar-refractivity contribution in [3.05, 3.63) is 102 Å². The van der Waals surface area contributed by atoms with E-state index in [1.807, 2.05) is 60.7 Å². The lowest BCUT2D eigenvalue weighted by molar-refractivity contribution is -0.139. The van der Waals surface area contributed by atoms with Crippen molar-refractivity contribution >= 4 is 16.7 Å². The maximum absolute atomic E-state index is 11.0. The van der Waals surface area contributed by atoms with Gasteiger partial charge in [0.05, 0.1) is 6.61 Å². The first-order valence-electron chi connectivity index (χ1n) is 9.78. The van der Waals surface area contributed by atoms with E-state index in [2.05, 4.69) is 24.3 Å². The molecule has 0 spiro atoms. The Kier molecular flexibility index (Phi) is 5.77. The van der Waals surface area contributed by atoms with E-state index in [1.54, 1.807) is 0 Å². The van der Waals surface area contributed by atoms with Crippen LogP contribution in [-0.2, 0) is 17.8 Å². The Hall–Kier alpha value is -3.63. The number of benzene rings is 4. The van der Waals surface area contributed by atoms with Crippen LogP contribution in [0.15, 0.2) is 84.9 Å². The second-order valence-electron chi connectivity index (χ2n) is 7.18. The number of ether oxygens (including phenoxy) is 1. The van der Waals surface area contributed by atoms with E-state index < -0.39 is 5.97 Å². The number of rotatable bonds is 7. The molecule has 0 saturated heterocycles. The molecule has 0 atom stereocenters. The highest BCUT2D eigenvalue weighted by molar-refractivity contribution is 5.86. The predicted octanol–water partition coefficient (Wildman–Crippen LogP) is 5.05. The zero-order valence-electron chi connectivity index (χ0n) is 16.4. The number of hydrogen-bond donors (Lipinski definition) is 2. The average Bonchev–Trinajstić information content (AvgIpc) is 2.78. The molecule has 4 aromatic carbocycles. The number of aliphatic hydroxyl groups is 1. The summed E-state index contributed by atoms with van der Waals surface area (Å²) in [6.07, 6.45) is 0.624. The van der Waals surface area contributed by atoms with Crippen LogP contribution < -0.4 is 4.74 Å². The van der Waals surface area contributed by atoms with E-state index in [0.29, 0.717) is 12.2 Å². The van der Waals surface area contributed by atoms with Crippen molar-refractivity contribution in [3.8, 4) is 16.9 Å². The number of fused-ring (bicyclic) bond motifs is 1. The highest BCUT2D eigenvalue weighted by atomic mass is 16.5. The molecule has 0 radical (unpaired) electrons.